The van der Waals surface area contributed by atoms with E-state index in [2.05, 4.69) is 26.0 Å². The molecule has 0 aromatic heterocycles. The van der Waals surface area contributed by atoms with E-state index in [1.807, 2.05) is 13.0 Å². The lowest BCUT2D eigenvalue weighted by Crippen LogP contribution is -2.23. The number of ether oxygens (including phenoxy) is 1. The van der Waals surface area contributed by atoms with Gasteiger partial charge in [0.15, 0.2) is 0 Å². The van der Waals surface area contributed by atoms with Crippen molar-refractivity contribution >= 4 is 0 Å². The summed E-state index contributed by atoms with van der Waals surface area (Å²) in [5, 5.41) is 0. The minimum Gasteiger partial charge on any atom is -0.489 e. The molecule has 0 saturated carbocycles. The van der Waals surface area contributed by atoms with Gasteiger partial charge in [0.05, 0.1) is 0 Å². The highest BCUT2D eigenvalue weighted by atomic mass is 16.5. The lowest BCUT2D eigenvalue weighted by atomic mass is 10.1. The molecule has 0 bridgehead atoms. The molecule has 0 saturated heterocycles. The van der Waals surface area contributed by atoms with Gasteiger partial charge in [0.2, 0.25) is 0 Å². The van der Waals surface area contributed by atoms with Gasteiger partial charge in [-0.2, -0.15) is 0 Å². The van der Waals surface area contributed by atoms with Crippen LogP contribution in [-0.2, 0) is 6.42 Å². The van der Waals surface area contributed by atoms with E-state index in [4.69, 9.17) is 10.5 Å². The Bertz CT molecular complexity index is 309. The highest BCUT2D eigenvalue weighted by molar-refractivity contribution is 5.36. The third-order valence-corrected chi connectivity index (χ3v) is 2.44. The van der Waals surface area contributed by atoms with E-state index in [0.717, 1.165) is 12.2 Å². The van der Waals surface area contributed by atoms with Gasteiger partial charge in [-0.3, -0.25) is 0 Å². The monoisotopic (exact) mass is 207 g/mol. The maximum Gasteiger partial charge on any atom is 0.122 e. The SMILES string of the molecule is CCCc1ccc(OC(C)CN)c(C)c1. The van der Waals surface area contributed by atoms with Gasteiger partial charge in [0.25, 0.3) is 0 Å². The van der Waals surface area contributed by atoms with Crippen molar-refractivity contribution in [3.63, 3.8) is 0 Å². The molecule has 1 unspecified atom stereocenters. The molecule has 84 valence electrons. The van der Waals surface area contributed by atoms with Crippen LogP contribution in [0.25, 0.3) is 0 Å². The molecular formula is C13H21NO. The molecule has 0 aliphatic rings. The Labute approximate surface area is 92.4 Å². The summed E-state index contributed by atoms with van der Waals surface area (Å²) < 4.78 is 5.70. The first kappa shape index (κ1) is 12.1. The fourth-order valence-corrected chi connectivity index (χ4v) is 1.55. The van der Waals surface area contributed by atoms with Gasteiger partial charge in [0, 0.05) is 6.54 Å². The Morgan fingerprint density at radius 2 is 2.13 bits per heavy atom. The van der Waals surface area contributed by atoms with Gasteiger partial charge in [-0.25, -0.2) is 0 Å². The van der Waals surface area contributed by atoms with Crippen LogP contribution in [0.5, 0.6) is 5.75 Å². The molecule has 2 nitrogen and oxygen atoms in total. The quantitative estimate of drug-likeness (QED) is 0.805. The normalized spacial score (nSPS) is 12.5. The average molecular weight is 207 g/mol. The number of hydrogen-bond donors (Lipinski definition) is 1. The van der Waals surface area contributed by atoms with E-state index in [1.165, 1.54) is 17.5 Å². The Morgan fingerprint density at radius 3 is 2.67 bits per heavy atom. The zero-order valence-electron chi connectivity index (χ0n) is 9.92. The molecule has 2 heteroatoms. The zero-order valence-corrected chi connectivity index (χ0v) is 9.92. The molecule has 0 heterocycles. The molecule has 1 aromatic carbocycles. The Balaban J connectivity index is 2.74. The standard InChI is InChI=1S/C13H21NO/c1-4-5-12-6-7-13(10(2)8-12)15-11(3)9-14/h6-8,11H,4-5,9,14H2,1-3H3. The third kappa shape index (κ3) is 3.56. The Morgan fingerprint density at radius 1 is 1.40 bits per heavy atom. The smallest absolute Gasteiger partial charge is 0.122 e. The van der Waals surface area contributed by atoms with Gasteiger partial charge in [-0.05, 0) is 37.5 Å². The topological polar surface area (TPSA) is 35.2 Å². The molecule has 1 atom stereocenters. The van der Waals surface area contributed by atoms with Crippen molar-refractivity contribution in [3.05, 3.63) is 29.3 Å². The average Bonchev–Trinajstić information content (AvgIpc) is 2.22. The summed E-state index contributed by atoms with van der Waals surface area (Å²) in [6.45, 7) is 6.81. The molecule has 0 aliphatic carbocycles. The Kier molecular flexibility index (Phi) is 4.63. The van der Waals surface area contributed by atoms with Crippen LogP contribution in [0.15, 0.2) is 18.2 Å². The van der Waals surface area contributed by atoms with E-state index < -0.39 is 0 Å². The summed E-state index contributed by atoms with van der Waals surface area (Å²) in [7, 11) is 0. The van der Waals surface area contributed by atoms with E-state index in [1.54, 1.807) is 0 Å². The third-order valence-electron chi connectivity index (χ3n) is 2.44. The number of rotatable bonds is 5. The van der Waals surface area contributed by atoms with Crippen molar-refractivity contribution in [3.8, 4) is 5.75 Å². The summed E-state index contributed by atoms with van der Waals surface area (Å²) in [6.07, 6.45) is 2.40. The van der Waals surface area contributed by atoms with Crippen LogP contribution in [0.4, 0.5) is 0 Å². The van der Waals surface area contributed by atoms with Crippen molar-refractivity contribution in [2.24, 2.45) is 5.73 Å². The van der Waals surface area contributed by atoms with E-state index in [-0.39, 0.29) is 6.10 Å². The minimum absolute atomic E-state index is 0.0840. The second-order valence-corrected chi connectivity index (χ2v) is 4.01. The van der Waals surface area contributed by atoms with E-state index in [0.29, 0.717) is 6.54 Å². The van der Waals surface area contributed by atoms with Gasteiger partial charge in [-0.15, -0.1) is 0 Å². The molecule has 15 heavy (non-hydrogen) atoms. The summed E-state index contributed by atoms with van der Waals surface area (Å²) in [5.74, 6) is 0.952. The maximum atomic E-state index is 5.70. The van der Waals surface area contributed by atoms with Gasteiger partial charge >= 0.3 is 0 Å². The molecule has 0 spiro atoms. The molecular weight excluding hydrogens is 186 g/mol. The summed E-state index contributed by atoms with van der Waals surface area (Å²) in [6, 6.07) is 6.38. The summed E-state index contributed by atoms with van der Waals surface area (Å²) in [5.41, 5.74) is 8.10. The highest BCUT2D eigenvalue weighted by Gasteiger charge is 2.04. The predicted octanol–water partition coefficient (Wildman–Crippen LogP) is 2.67. The minimum atomic E-state index is 0.0840. The fraction of sp³-hybridized carbons (Fsp3) is 0.538. The van der Waals surface area contributed by atoms with E-state index in [9.17, 15) is 0 Å². The molecule has 0 fully saturated rings. The largest absolute Gasteiger partial charge is 0.489 e. The Hall–Kier alpha value is -1.02. The van der Waals surface area contributed by atoms with Crippen LogP contribution in [0.1, 0.15) is 31.4 Å². The molecule has 0 radical (unpaired) electrons. The van der Waals surface area contributed by atoms with Crippen LogP contribution in [0.2, 0.25) is 0 Å². The number of hydrogen-bond acceptors (Lipinski definition) is 2. The first-order valence-corrected chi connectivity index (χ1v) is 5.63. The van der Waals surface area contributed by atoms with Crippen LogP contribution in [0, 0.1) is 6.92 Å². The lowest BCUT2D eigenvalue weighted by molar-refractivity contribution is 0.228. The molecule has 1 aromatic rings. The summed E-state index contributed by atoms with van der Waals surface area (Å²) in [4.78, 5) is 0. The summed E-state index contributed by atoms with van der Waals surface area (Å²) >= 11 is 0. The van der Waals surface area contributed by atoms with Gasteiger partial charge < -0.3 is 10.5 Å². The van der Waals surface area contributed by atoms with Crippen LogP contribution < -0.4 is 10.5 Å². The highest BCUT2D eigenvalue weighted by Crippen LogP contribution is 2.20. The molecule has 0 aliphatic heterocycles. The van der Waals surface area contributed by atoms with Crippen LogP contribution in [-0.4, -0.2) is 12.6 Å². The van der Waals surface area contributed by atoms with Crippen LogP contribution >= 0.6 is 0 Å². The fourth-order valence-electron chi connectivity index (χ4n) is 1.55. The van der Waals surface area contributed by atoms with Crippen molar-refractivity contribution in [2.45, 2.75) is 39.7 Å². The van der Waals surface area contributed by atoms with Crippen molar-refractivity contribution < 1.29 is 4.74 Å². The van der Waals surface area contributed by atoms with Crippen molar-refractivity contribution in [1.82, 2.24) is 0 Å². The molecule has 0 amide bonds. The van der Waals surface area contributed by atoms with Crippen LogP contribution in [0.3, 0.4) is 0 Å². The second kappa shape index (κ2) is 5.76. The van der Waals surface area contributed by atoms with Gasteiger partial charge in [0.1, 0.15) is 11.9 Å². The first-order valence-electron chi connectivity index (χ1n) is 5.63. The molecule has 1 rings (SSSR count). The maximum absolute atomic E-state index is 5.70. The zero-order chi connectivity index (χ0) is 11.3. The number of benzene rings is 1. The lowest BCUT2D eigenvalue weighted by Gasteiger charge is -2.15. The number of aryl methyl sites for hydroxylation is 2. The second-order valence-electron chi connectivity index (χ2n) is 4.01. The predicted molar refractivity (Wildman–Crippen MR) is 64.3 cm³/mol. The first-order chi connectivity index (χ1) is 7.17. The molecule has 2 N–H and O–H groups in total. The van der Waals surface area contributed by atoms with Crippen molar-refractivity contribution in [1.29, 1.82) is 0 Å². The van der Waals surface area contributed by atoms with Crippen molar-refractivity contribution in [2.75, 3.05) is 6.54 Å². The van der Waals surface area contributed by atoms with Gasteiger partial charge in [-0.1, -0.05) is 25.5 Å². The number of nitrogens with two attached hydrogens (primary N) is 1. The van der Waals surface area contributed by atoms with E-state index >= 15 is 0 Å².